The fraction of sp³-hybridized carbons (Fsp3) is 0.250. The Bertz CT molecular complexity index is 769. The fourth-order valence-corrected chi connectivity index (χ4v) is 3.10. The van der Waals surface area contributed by atoms with E-state index in [1.807, 2.05) is 43.3 Å². The van der Waals surface area contributed by atoms with Crippen LogP contribution in [-0.2, 0) is 0 Å². The number of para-hydroxylation sites is 1. The summed E-state index contributed by atoms with van der Waals surface area (Å²) in [5.74, 6) is -0.181. The van der Waals surface area contributed by atoms with Crippen LogP contribution in [0, 0.1) is 0 Å². The number of anilines is 1. The molecule has 0 spiro atoms. The van der Waals surface area contributed by atoms with Crippen molar-refractivity contribution in [3.63, 3.8) is 0 Å². The van der Waals surface area contributed by atoms with Crippen molar-refractivity contribution in [1.29, 1.82) is 0 Å². The van der Waals surface area contributed by atoms with E-state index in [0.717, 1.165) is 16.8 Å². The van der Waals surface area contributed by atoms with Gasteiger partial charge in [0.05, 0.1) is 16.4 Å². The highest BCUT2D eigenvalue weighted by atomic mass is 32.1. The van der Waals surface area contributed by atoms with Gasteiger partial charge in [-0.05, 0) is 26.2 Å². The van der Waals surface area contributed by atoms with E-state index in [1.165, 1.54) is 23.7 Å². The molecule has 3 rings (SSSR count). The number of amides is 1. The van der Waals surface area contributed by atoms with Crippen LogP contribution < -0.4 is 4.90 Å². The second-order valence-electron chi connectivity index (χ2n) is 5.31. The normalized spacial score (nSPS) is 11.1. The highest BCUT2D eigenvalue weighted by Gasteiger charge is 2.22. The fourth-order valence-electron chi connectivity index (χ4n) is 2.11. The van der Waals surface area contributed by atoms with E-state index in [0.29, 0.717) is 17.4 Å². The van der Waals surface area contributed by atoms with E-state index in [-0.39, 0.29) is 5.91 Å². The van der Waals surface area contributed by atoms with E-state index in [4.69, 9.17) is 0 Å². The lowest BCUT2D eigenvalue weighted by Crippen LogP contribution is -2.37. The lowest BCUT2D eigenvalue weighted by atomic mass is 10.3. The molecule has 0 saturated carbocycles. The maximum Gasteiger partial charge on any atom is 0.280 e. The van der Waals surface area contributed by atoms with Gasteiger partial charge >= 0.3 is 0 Å². The smallest absolute Gasteiger partial charge is 0.280 e. The van der Waals surface area contributed by atoms with Gasteiger partial charge in [0.25, 0.3) is 5.91 Å². The van der Waals surface area contributed by atoms with Crippen molar-refractivity contribution in [3.8, 4) is 0 Å². The SMILES string of the molecule is CN(C)CCN(C(=O)c1cnccn1)c1nc2ccccc2s1. The Kier molecular flexibility index (Phi) is 4.59. The van der Waals surface area contributed by atoms with Crippen LogP contribution in [0.5, 0.6) is 0 Å². The quantitative estimate of drug-likeness (QED) is 0.719. The molecule has 0 aliphatic heterocycles. The molecule has 1 aromatic carbocycles. The van der Waals surface area contributed by atoms with Crippen LogP contribution >= 0.6 is 11.3 Å². The van der Waals surface area contributed by atoms with Gasteiger partial charge in [0, 0.05) is 25.5 Å². The predicted molar refractivity (Wildman–Crippen MR) is 91.9 cm³/mol. The Hall–Kier alpha value is -2.38. The summed E-state index contributed by atoms with van der Waals surface area (Å²) in [6.07, 6.45) is 4.56. The molecule has 0 N–H and O–H groups in total. The van der Waals surface area contributed by atoms with Crippen molar-refractivity contribution < 1.29 is 4.79 Å². The van der Waals surface area contributed by atoms with Gasteiger partial charge in [0.1, 0.15) is 5.69 Å². The Morgan fingerprint density at radius 2 is 2.00 bits per heavy atom. The standard InChI is InChI=1S/C16H17N5OS/c1-20(2)9-10-21(15(22)13-11-17-7-8-18-13)16-19-12-5-3-4-6-14(12)23-16/h3-8,11H,9-10H2,1-2H3. The molecule has 0 atom stereocenters. The zero-order valence-electron chi connectivity index (χ0n) is 13.0. The molecule has 0 unspecified atom stereocenters. The minimum Gasteiger partial charge on any atom is -0.308 e. The van der Waals surface area contributed by atoms with Gasteiger partial charge in [-0.15, -0.1) is 0 Å². The maximum absolute atomic E-state index is 12.8. The van der Waals surface area contributed by atoms with E-state index in [9.17, 15) is 4.79 Å². The molecule has 0 fully saturated rings. The third-order valence-electron chi connectivity index (χ3n) is 3.31. The van der Waals surface area contributed by atoms with Crippen LogP contribution in [0.15, 0.2) is 42.9 Å². The van der Waals surface area contributed by atoms with Crippen LogP contribution in [-0.4, -0.2) is 52.9 Å². The number of hydrogen-bond acceptors (Lipinski definition) is 6. The van der Waals surface area contributed by atoms with Crippen molar-refractivity contribution in [1.82, 2.24) is 19.9 Å². The minimum absolute atomic E-state index is 0.181. The molecule has 7 heteroatoms. The number of hydrogen-bond donors (Lipinski definition) is 0. The Balaban J connectivity index is 1.96. The Labute approximate surface area is 138 Å². The lowest BCUT2D eigenvalue weighted by Gasteiger charge is -2.21. The van der Waals surface area contributed by atoms with E-state index < -0.39 is 0 Å². The number of fused-ring (bicyclic) bond motifs is 1. The van der Waals surface area contributed by atoms with Gasteiger partial charge in [0.15, 0.2) is 5.13 Å². The highest BCUT2D eigenvalue weighted by molar-refractivity contribution is 7.22. The Morgan fingerprint density at radius 3 is 2.70 bits per heavy atom. The molecule has 6 nitrogen and oxygen atoms in total. The summed E-state index contributed by atoms with van der Waals surface area (Å²) >= 11 is 1.51. The van der Waals surface area contributed by atoms with E-state index in [2.05, 4.69) is 15.0 Å². The molecule has 0 aliphatic rings. The molecule has 118 valence electrons. The van der Waals surface area contributed by atoms with Gasteiger partial charge in [-0.3, -0.25) is 14.7 Å². The van der Waals surface area contributed by atoms with E-state index >= 15 is 0 Å². The second kappa shape index (κ2) is 6.80. The lowest BCUT2D eigenvalue weighted by molar-refractivity contribution is 0.0980. The summed E-state index contributed by atoms with van der Waals surface area (Å²) in [6, 6.07) is 7.87. The third kappa shape index (κ3) is 3.52. The molecule has 1 amide bonds. The number of rotatable bonds is 5. The molecule has 23 heavy (non-hydrogen) atoms. The van der Waals surface area contributed by atoms with Crippen molar-refractivity contribution in [3.05, 3.63) is 48.5 Å². The average Bonchev–Trinajstić information content (AvgIpc) is 2.99. The number of benzene rings is 1. The average molecular weight is 327 g/mol. The molecule has 2 heterocycles. The first-order chi connectivity index (χ1) is 11.1. The van der Waals surface area contributed by atoms with Gasteiger partial charge in [-0.2, -0.15) is 0 Å². The highest BCUT2D eigenvalue weighted by Crippen LogP contribution is 2.29. The predicted octanol–water partition coefficient (Wildman–Crippen LogP) is 2.29. The molecular weight excluding hydrogens is 310 g/mol. The number of thiazole rings is 1. The van der Waals surface area contributed by atoms with E-state index in [1.54, 1.807) is 11.1 Å². The molecule has 0 aliphatic carbocycles. The summed E-state index contributed by atoms with van der Waals surface area (Å²) < 4.78 is 1.06. The monoisotopic (exact) mass is 327 g/mol. The third-order valence-corrected chi connectivity index (χ3v) is 4.37. The summed E-state index contributed by atoms with van der Waals surface area (Å²) in [4.78, 5) is 29.2. The topological polar surface area (TPSA) is 62.2 Å². The van der Waals surface area contributed by atoms with Crippen LogP contribution in [0.4, 0.5) is 5.13 Å². The zero-order chi connectivity index (χ0) is 16.2. The molecular formula is C16H17N5OS. The van der Waals surface area contributed by atoms with Crippen molar-refractivity contribution in [2.24, 2.45) is 0 Å². The largest absolute Gasteiger partial charge is 0.308 e. The first kappa shape index (κ1) is 15.5. The van der Waals surface area contributed by atoms with Gasteiger partial charge in [-0.25, -0.2) is 9.97 Å². The summed E-state index contributed by atoms with van der Waals surface area (Å²) in [6.45, 7) is 1.28. The first-order valence-corrected chi connectivity index (χ1v) is 8.05. The summed E-state index contributed by atoms with van der Waals surface area (Å²) in [7, 11) is 3.95. The molecule has 2 aromatic heterocycles. The van der Waals surface area contributed by atoms with Crippen molar-refractivity contribution >= 4 is 32.6 Å². The molecule has 3 aromatic rings. The van der Waals surface area contributed by atoms with Crippen LogP contribution in [0.1, 0.15) is 10.5 Å². The van der Waals surface area contributed by atoms with Crippen LogP contribution in [0.25, 0.3) is 10.2 Å². The summed E-state index contributed by atoms with van der Waals surface area (Å²) in [5, 5.41) is 0.684. The van der Waals surface area contributed by atoms with Gasteiger partial charge < -0.3 is 4.90 Å². The molecule has 0 radical (unpaired) electrons. The number of carbonyl (C=O) groups excluding carboxylic acids is 1. The number of aromatic nitrogens is 3. The zero-order valence-corrected chi connectivity index (χ0v) is 13.8. The summed E-state index contributed by atoms with van der Waals surface area (Å²) in [5.41, 5.74) is 1.22. The number of nitrogens with zero attached hydrogens (tertiary/aromatic N) is 5. The van der Waals surface area contributed by atoms with Gasteiger partial charge in [-0.1, -0.05) is 23.5 Å². The van der Waals surface area contributed by atoms with Crippen molar-refractivity contribution in [2.45, 2.75) is 0 Å². The number of carbonyl (C=O) groups is 1. The second-order valence-corrected chi connectivity index (χ2v) is 6.32. The van der Waals surface area contributed by atoms with Gasteiger partial charge in [0.2, 0.25) is 0 Å². The number of likely N-dealkylation sites (N-methyl/N-ethyl adjacent to an activating group) is 1. The maximum atomic E-state index is 12.8. The van der Waals surface area contributed by atoms with Crippen LogP contribution in [0.2, 0.25) is 0 Å². The molecule has 0 saturated heterocycles. The minimum atomic E-state index is -0.181. The molecule has 0 bridgehead atoms. The van der Waals surface area contributed by atoms with Crippen LogP contribution in [0.3, 0.4) is 0 Å². The van der Waals surface area contributed by atoms with Crippen molar-refractivity contribution in [2.75, 3.05) is 32.1 Å². The Morgan fingerprint density at radius 1 is 1.17 bits per heavy atom. The first-order valence-electron chi connectivity index (χ1n) is 7.23.